The maximum Gasteiger partial charge on any atom is 0.281 e. The number of hydrogen-bond donors (Lipinski definition) is 1. The van der Waals surface area contributed by atoms with Crippen LogP contribution in [0.1, 0.15) is 20.8 Å². The molecule has 0 bridgehead atoms. The number of nitrogens with zero attached hydrogens (tertiary/aromatic N) is 2. The number of halogens is 1. The number of carbonyl (C=O) groups excluding carboxylic acids is 1. The van der Waals surface area contributed by atoms with Gasteiger partial charge in [0.15, 0.2) is 0 Å². The summed E-state index contributed by atoms with van der Waals surface area (Å²) in [4.78, 5) is 31.6. The van der Waals surface area contributed by atoms with Crippen molar-refractivity contribution < 1.29 is 9.18 Å². The molecular formula is C21H16FN3O2S. The fourth-order valence-electron chi connectivity index (χ4n) is 3.14. The molecule has 0 atom stereocenters. The highest BCUT2D eigenvalue weighted by atomic mass is 32.1. The predicted octanol–water partition coefficient (Wildman–Crippen LogP) is 4.26. The number of rotatable bonds is 3. The van der Waals surface area contributed by atoms with Gasteiger partial charge in [0, 0.05) is 16.0 Å². The Kier molecular flexibility index (Phi) is 4.52. The van der Waals surface area contributed by atoms with Gasteiger partial charge in [-0.05, 0) is 37.1 Å². The molecule has 2 aromatic heterocycles. The number of nitrogens with one attached hydrogen (secondary N) is 1. The van der Waals surface area contributed by atoms with Crippen LogP contribution in [0.5, 0.6) is 0 Å². The lowest BCUT2D eigenvalue weighted by Gasteiger charge is -2.10. The molecule has 140 valence electrons. The van der Waals surface area contributed by atoms with Crippen LogP contribution in [0, 0.1) is 19.7 Å². The van der Waals surface area contributed by atoms with E-state index in [1.807, 2.05) is 37.3 Å². The average Bonchev–Trinajstić information content (AvgIpc) is 3.03. The van der Waals surface area contributed by atoms with Gasteiger partial charge in [0.05, 0.1) is 5.39 Å². The quantitative estimate of drug-likeness (QED) is 0.566. The van der Waals surface area contributed by atoms with Crippen molar-refractivity contribution in [3.63, 3.8) is 0 Å². The first-order valence-corrected chi connectivity index (χ1v) is 9.41. The fraction of sp³-hybridized carbons (Fsp3) is 0.0952. The third-order valence-corrected chi connectivity index (χ3v) is 5.53. The zero-order valence-electron chi connectivity index (χ0n) is 15.2. The molecule has 0 saturated carbocycles. The predicted molar refractivity (Wildman–Crippen MR) is 109 cm³/mol. The van der Waals surface area contributed by atoms with E-state index in [-0.39, 0.29) is 11.1 Å². The highest BCUT2D eigenvalue weighted by molar-refractivity contribution is 7.19. The summed E-state index contributed by atoms with van der Waals surface area (Å²) in [5, 5.41) is 0.451. The molecule has 0 radical (unpaired) electrons. The topological polar surface area (TPSA) is 64.0 Å². The van der Waals surface area contributed by atoms with Crippen LogP contribution in [0.3, 0.4) is 0 Å². The molecule has 7 heteroatoms. The number of benzene rings is 2. The molecule has 0 aliphatic carbocycles. The van der Waals surface area contributed by atoms with Gasteiger partial charge in [-0.2, -0.15) is 0 Å². The van der Waals surface area contributed by atoms with E-state index in [1.165, 1.54) is 29.8 Å². The number of fused-ring (bicyclic) bond motifs is 1. The lowest BCUT2D eigenvalue weighted by Crippen LogP contribution is -2.33. The van der Waals surface area contributed by atoms with Crippen molar-refractivity contribution >= 4 is 27.5 Å². The van der Waals surface area contributed by atoms with Gasteiger partial charge in [-0.25, -0.2) is 14.1 Å². The summed E-state index contributed by atoms with van der Waals surface area (Å²) in [6.07, 6.45) is 1.28. The van der Waals surface area contributed by atoms with E-state index in [4.69, 9.17) is 0 Å². The minimum absolute atomic E-state index is 0.164. The molecule has 0 unspecified atom stereocenters. The molecular weight excluding hydrogens is 377 g/mol. The van der Waals surface area contributed by atoms with Gasteiger partial charge in [0.1, 0.15) is 17.0 Å². The van der Waals surface area contributed by atoms with Crippen molar-refractivity contribution in [2.45, 2.75) is 13.8 Å². The van der Waals surface area contributed by atoms with Gasteiger partial charge < -0.3 is 0 Å². The van der Waals surface area contributed by atoms with E-state index in [0.717, 1.165) is 26.7 Å². The van der Waals surface area contributed by atoms with Crippen molar-refractivity contribution in [3.8, 4) is 11.1 Å². The van der Waals surface area contributed by atoms with Crippen molar-refractivity contribution in [1.82, 2.24) is 9.66 Å². The van der Waals surface area contributed by atoms with Crippen LogP contribution >= 0.6 is 11.3 Å². The number of thiophene rings is 1. The lowest BCUT2D eigenvalue weighted by atomic mass is 10.0. The second kappa shape index (κ2) is 7.01. The maximum absolute atomic E-state index is 13.5. The first-order valence-electron chi connectivity index (χ1n) is 8.59. The van der Waals surface area contributed by atoms with Crippen molar-refractivity contribution in [1.29, 1.82) is 0 Å². The molecule has 1 amide bonds. The van der Waals surface area contributed by atoms with E-state index in [0.29, 0.717) is 15.8 Å². The number of amides is 1. The summed E-state index contributed by atoms with van der Waals surface area (Å²) in [6, 6.07) is 13.5. The van der Waals surface area contributed by atoms with Crippen LogP contribution in [0.4, 0.5) is 4.39 Å². The standard InChI is InChI=1S/C21H16FN3O2S/c1-12-8-9-15(22)10-16(12)19(26)24-25-11-23-20-18(21(25)27)17(13(2)28-20)14-6-4-3-5-7-14/h3-11H,1-2H3,(H,24,26). The normalized spacial score (nSPS) is 11.0. The highest BCUT2D eigenvalue weighted by Gasteiger charge is 2.18. The van der Waals surface area contributed by atoms with Crippen LogP contribution < -0.4 is 11.0 Å². The van der Waals surface area contributed by atoms with E-state index in [1.54, 1.807) is 6.92 Å². The maximum atomic E-state index is 13.5. The second-order valence-corrected chi connectivity index (χ2v) is 7.60. The van der Waals surface area contributed by atoms with E-state index in [9.17, 15) is 14.0 Å². The summed E-state index contributed by atoms with van der Waals surface area (Å²) in [5.74, 6) is -1.09. The number of aromatic nitrogens is 2. The summed E-state index contributed by atoms with van der Waals surface area (Å²) >= 11 is 1.43. The van der Waals surface area contributed by atoms with Gasteiger partial charge in [0.25, 0.3) is 11.5 Å². The first-order chi connectivity index (χ1) is 13.5. The molecule has 28 heavy (non-hydrogen) atoms. The Bertz CT molecular complexity index is 1260. The summed E-state index contributed by atoms with van der Waals surface area (Å²) in [7, 11) is 0. The molecule has 0 spiro atoms. The monoisotopic (exact) mass is 393 g/mol. The minimum Gasteiger partial charge on any atom is -0.267 e. The first kappa shape index (κ1) is 18.1. The Labute approximate surface area is 164 Å². The third-order valence-electron chi connectivity index (χ3n) is 4.52. The summed E-state index contributed by atoms with van der Waals surface area (Å²) in [5.41, 5.74) is 4.63. The fourth-order valence-corrected chi connectivity index (χ4v) is 4.15. The average molecular weight is 393 g/mol. The number of aryl methyl sites for hydroxylation is 2. The van der Waals surface area contributed by atoms with Gasteiger partial charge in [-0.15, -0.1) is 11.3 Å². The van der Waals surface area contributed by atoms with E-state index >= 15 is 0 Å². The van der Waals surface area contributed by atoms with Gasteiger partial charge in [0.2, 0.25) is 0 Å². The van der Waals surface area contributed by atoms with Gasteiger partial charge in [-0.3, -0.25) is 15.0 Å². The van der Waals surface area contributed by atoms with Crippen LogP contribution in [-0.2, 0) is 0 Å². The number of carbonyl (C=O) groups is 1. The molecule has 4 rings (SSSR count). The molecule has 0 saturated heterocycles. The Hall–Kier alpha value is -3.32. The van der Waals surface area contributed by atoms with Gasteiger partial charge >= 0.3 is 0 Å². The molecule has 2 aromatic carbocycles. The van der Waals surface area contributed by atoms with E-state index < -0.39 is 11.7 Å². The van der Waals surface area contributed by atoms with E-state index in [2.05, 4.69) is 10.4 Å². The zero-order valence-corrected chi connectivity index (χ0v) is 16.0. The Morgan fingerprint density at radius 2 is 1.89 bits per heavy atom. The smallest absolute Gasteiger partial charge is 0.267 e. The summed E-state index contributed by atoms with van der Waals surface area (Å²) in [6.45, 7) is 3.64. The van der Waals surface area contributed by atoms with Crippen LogP contribution in [0.15, 0.2) is 59.7 Å². The minimum atomic E-state index is -0.575. The third kappa shape index (κ3) is 3.10. The molecule has 4 aromatic rings. The molecule has 1 N–H and O–H groups in total. The Morgan fingerprint density at radius 3 is 2.64 bits per heavy atom. The number of hydrogen-bond acceptors (Lipinski definition) is 4. The van der Waals surface area contributed by atoms with Crippen LogP contribution in [0.2, 0.25) is 0 Å². The SMILES string of the molecule is Cc1ccc(F)cc1C(=O)Nn1cnc2sc(C)c(-c3ccccc3)c2c1=O. The van der Waals surface area contributed by atoms with Crippen LogP contribution in [0.25, 0.3) is 21.3 Å². The van der Waals surface area contributed by atoms with Crippen molar-refractivity contribution in [3.05, 3.63) is 87.0 Å². The molecule has 0 aliphatic heterocycles. The van der Waals surface area contributed by atoms with Gasteiger partial charge in [-0.1, -0.05) is 36.4 Å². The summed E-state index contributed by atoms with van der Waals surface area (Å²) < 4.78 is 14.6. The molecule has 2 heterocycles. The van der Waals surface area contributed by atoms with Crippen LogP contribution in [-0.4, -0.2) is 15.6 Å². The Balaban J connectivity index is 1.81. The molecule has 0 aliphatic rings. The molecule has 5 nitrogen and oxygen atoms in total. The second-order valence-electron chi connectivity index (χ2n) is 6.40. The Morgan fingerprint density at radius 1 is 1.14 bits per heavy atom. The molecule has 0 fully saturated rings. The largest absolute Gasteiger partial charge is 0.281 e. The highest BCUT2D eigenvalue weighted by Crippen LogP contribution is 2.35. The van der Waals surface area contributed by atoms with Crippen molar-refractivity contribution in [2.75, 3.05) is 5.43 Å². The van der Waals surface area contributed by atoms with Crippen molar-refractivity contribution in [2.24, 2.45) is 0 Å². The lowest BCUT2D eigenvalue weighted by molar-refractivity contribution is 0.101. The zero-order chi connectivity index (χ0) is 19.8.